The molecule has 1 aromatic heterocycles. The van der Waals surface area contributed by atoms with E-state index in [4.69, 9.17) is 4.52 Å². The lowest BCUT2D eigenvalue weighted by atomic mass is 9.96. The van der Waals surface area contributed by atoms with Crippen LogP contribution >= 0.6 is 11.8 Å². The van der Waals surface area contributed by atoms with Crippen molar-refractivity contribution in [3.8, 4) is 0 Å². The zero-order chi connectivity index (χ0) is 26.9. The van der Waals surface area contributed by atoms with E-state index in [1.807, 2.05) is 34.9 Å². The third-order valence-electron chi connectivity index (χ3n) is 7.11. The molecule has 1 saturated heterocycles. The van der Waals surface area contributed by atoms with Gasteiger partial charge < -0.3 is 9.42 Å². The topological polar surface area (TPSA) is 83.7 Å². The number of aryl methyl sites for hydroxylation is 1. The molecule has 1 amide bonds. The van der Waals surface area contributed by atoms with E-state index in [0.717, 1.165) is 17.0 Å². The number of carbonyl (C=O) groups excluding carboxylic acids is 1. The minimum absolute atomic E-state index is 0.0253. The molecule has 0 spiro atoms. The van der Waals surface area contributed by atoms with Gasteiger partial charge in [0.1, 0.15) is 11.5 Å². The van der Waals surface area contributed by atoms with Crippen molar-refractivity contribution in [1.82, 2.24) is 9.46 Å². The van der Waals surface area contributed by atoms with E-state index in [0.29, 0.717) is 30.2 Å². The average molecular weight is 556 g/mol. The molecule has 3 aromatic rings. The molecule has 38 heavy (non-hydrogen) atoms. The van der Waals surface area contributed by atoms with Crippen LogP contribution in [-0.2, 0) is 14.8 Å². The first-order chi connectivity index (χ1) is 18.3. The molecule has 2 aromatic carbocycles. The van der Waals surface area contributed by atoms with Gasteiger partial charge in [0.2, 0.25) is 15.9 Å². The van der Waals surface area contributed by atoms with Crippen molar-refractivity contribution in [2.45, 2.75) is 48.2 Å². The molecule has 0 bridgehead atoms. The highest BCUT2D eigenvalue weighted by atomic mass is 32.2. The summed E-state index contributed by atoms with van der Waals surface area (Å²) < 4.78 is 47.9. The number of fused-ring (bicyclic) bond motifs is 1. The van der Waals surface area contributed by atoms with E-state index in [-0.39, 0.29) is 41.3 Å². The van der Waals surface area contributed by atoms with Crippen LogP contribution in [0.4, 0.5) is 10.1 Å². The number of amides is 1. The highest BCUT2D eigenvalue weighted by Gasteiger charge is 2.38. The summed E-state index contributed by atoms with van der Waals surface area (Å²) in [6, 6.07) is 14.2. The fourth-order valence-corrected chi connectivity index (χ4v) is 7.91. The van der Waals surface area contributed by atoms with Gasteiger partial charge in [-0.3, -0.25) is 4.79 Å². The number of nitrogens with zero attached hydrogens (tertiary/aromatic N) is 3. The van der Waals surface area contributed by atoms with Gasteiger partial charge in [0.15, 0.2) is 10.7 Å². The number of sulfonamides is 1. The van der Waals surface area contributed by atoms with Gasteiger partial charge >= 0.3 is 0 Å². The molecule has 7 nitrogen and oxygen atoms in total. The Morgan fingerprint density at radius 1 is 1.13 bits per heavy atom. The van der Waals surface area contributed by atoms with Gasteiger partial charge in [0, 0.05) is 41.3 Å². The quantitative estimate of drug-likeness (QED) is 0.393. The van der Waals surface area contributed by atoms with E-state index < -0.39 is 15.8 Å². The van der Waals surface area contributed by atoms with Gasteiger partial charge in [-0.05, 0) is 56.5 Å². The van der Waals surface area contributed by atoms with Gasteiger partial charge in [-0.2, -0.15) is 4.31 Å². The maximum absolute atomic E-state index is 14.0. The third-order valence-corrected chi connectivity index (χ3v) is 10.6. The number of piperidine rings is 1. The Kier molecular flexibility index (Phi) is 7.74. The molecule has 1 fully saturated rings. The number of para-hydroxylation sites is 1. The maximum atomic E-state index is 14.0. The number of benzene rings is 2. The second kappa shape index (κ2) is 11.0. The average Bonchev–Trinajstić information content (AvgIpc) is 3.32. The van der Waals surface area contributed by atoms with Crippen molar-refractivity contribution in [2.24, 2.45) is 5.92 Å². The summed E-state index contributed by atoms with van der Waals surface area (Å²) in [6.07, 6.45) is 4.73. The van der Waals surface area contributed by atoms with E-state index in [1.165, 1.54) is 22.5 Å². The largest absolute Gasteiger partial charge is 0.355 e. The highest BCUT2D eigenvalue weighted by molar-refractivity contribution is 8.00. The standard InChI is InChI=1S/C28H30FN3O4S2/c1-3-22-18-32(24-10-6-7-11-26(24)37-22)28(33)21-14-16-31(17-15-21)38(34,35)27-19(2)30-36-25(27)13-12-20-8-4-5-9-23(20)29/h4-13,21-22H,3,14-18H2,1-2H3/b13-12+. The van der Waals surface area contributed by atoms with E-state index in [2.05, 4.69) is 18.1 Å². The van der Waals surface area contributed by atoms with Crippen LogP contribution in [0.5, 0.6) is 0 Å². The van der Waals surface area contributed by atoms with Crippen molar-refractivity contribution >= 4 is 45.5 Å². The first-order valence-electron chi connectivity index (χ1n) is 12.8. The molecule has 5 rings (SSSR count). The Bertz CT molecular complexity index is 1460. The number of anilines is 1. The second-order valence-electron chi connectivity index (χ2n) is 9.56. The zero-order valence-corrected chi connectivity index (χ0v) is 23.0. The monoisotopic (exact) mass is 555 g/mol. The van der Waals surface area contributed by atoms with E-state index in [9.17, 15) is 17.6 Å². The predicted molar refractivity (Wildman–Crippen MR) is 147 cm³/mol. The third kappa shape index (κ3) is 5.17. The highest BCUT2D eigenvalue weighted by Crippen LogP contribution is 2.41. The van der Waals surface area contributed by atoms with Crippen LogP contribution in [0.25, 0.3) is 12.2 Å². The van der Waals surface area contributed by atoms with E-state index >= 15 is 0 Å². The molecule has 0 saturated carbocycles. The Morgan fingerprint density at radius 2 is 1.84 bits per heavy atom. The van der Waals surface area contributed by atoms with Crippen LogP contribution in [0.3, 0.4) is 0 Å². The molecule has 0 N–H and O–H groups in total. The van der Waals surface area contributed by atoms with Crippen molar-refractivity contribution in [3.63, 3.8) is 0 Å². The number of hydrogen-bond acceptors (Lipinski definition) is 6. The second-order valence-corrected chi connectivity index (χ2v) is 12.8. The van der Waals surface area contributed by atoms with Crippen molar-refractivity contribution < 1.29 is 22.1 Å². The molecule has 0 aliphatic carbocycles. The number of halogens is 1. The molecule has 2 aliphatic heterocycles. The summed E-state index contributed by atoms with van der Waals surface area (Å²) in [5, 5.41) is 4.20. The van der Waals surface area contributed by atoms with Crippen molar-refractivity contribution in [3.05, 3.63) is 71.4 Å². The number of aromatic nitrogens is 1. The normalized spacial score (nSPS) is 19.1. The van der Waals surface area contributed by atoms with Crippen LogP contribution in [0.1, 0.15) is 43.2 Å². The van der Waals surface area contributed by atoms with Gasteiger partial charge in [-0.1, -0.05) is 42.4 Å². The Hall–Kier alpha value is -2.95. The first kappa shape index (κ1) is 26.6. The van der Waals surface area contributed by atoms with Crippen molar-refractivity contribution in [2.75, 3.05) is 24.5 Å². The van der Waals surface area contributed by atoms with Crippen LogP contribution in [0.2, 0.25) is 0 Å². The van der Waals surface area contributed by atoms with Gasteiger partial charge in [-0.25, -0.2) is 12.8 Å². The summed E-state index contributed by atoms with van der Waals surface area (Å²) >= 11 is 1.81. The Labute approximate surface area is 226 Å². The van der Waals surface area contributed by atoms with Gasteiger partial charge in [-0.15, -0.1) is 11.8 Å². The van der Waals surface area contributed by atoms with Gasteiger partial charge in [0.25, 0.3) is 0 Å². The van der Waals surface area contributed by atoms with Crippen LogP contribution in [0.15, 0.2) is 62.8 Å². The molecule has 0 radical (unpaired) electrons. The smallest absolute Gasteiger partial charge is 0.248 e. The van der Waals surface area contributed by atoms with Crippen LogP contribution < -0.4 is 4.90 Å². The van der Waals surface area contributed by atoms with Crippen molar-refractivity contribution in [1.29, 1.82) is 0 Å². The lowest BCUT2D eigenvalue weighted by molar-refractivity contribution is -0.123. The SMILES string of the molecule is CCC1CN(C(=O)C2CCN(S(=O)(=O)c3c(C)noc3/C=C/c3ccccc3F)CC2)c2ccccc2S1. The lowest BCUT2D eigenvalue weighted by Crippen LogP contribution is -2.47. The summed E-state index contributed by atoms with van der Waals surface area (Å²) in [6.45, 7) is 4.81. The molecular formula is C28H30FN3O4S2. The molecule has 1 atom stereocenters. The summed E-state index contributed by atoms with van der Waals surface area (Å²) in [7, 11) is -3.93. The molecule has 3 heterocycles. The number of carbonyl (C=O) groups is 1. The molecular weight excluding hydrogens is 525 g/mol. The molecule has 10 heteroatoms. The summed E-state index contributed by atoms with van der Waals surface area (Å²) in [4.78, 5) is 16.6. The van der Waals surface area contributed by atoms with E-state index in [1.54, 1.807) is 25.1 Å². The minimum Gasteiger partial charge on any atom is -0.355 e. The van der Waals surface area contributed by atoms with Gasteiger partial charge in [0.05, 0.1) is 5.69 Å². The molecule has 200 valence electrons. The fraction of sp³-hybridized carbons (Fsp3) is 0.357. The minimum atomic E-state index is -3.93. The summed E-state index contributed by atoms with van der Waals surface area (Å²) in [5.41, 5.74) is 1.49. The summed E-state index contributed by atoms with van der Waals surface area (Å²) in [5.74, 6) is -0.560. The fourth-order valence-electron chi connectivity index (χ4n) is 4.99. The van der Waals surface area contributed by atoms with Crippen LogP contribution in [-0.4, -0.2) is 48.7 Å². The maximum Gasteiger partial charge on any atom is 0.248 e. The number of thioether (sulfide) groups is 1. The van der Waals surface area contributed by atoms with Crippen LogP contribution in [0, 0.1) is 18.7 Å². The zero-order valence-electron chi connectivity index (χ0n) is 21.3. The number of rotatable bonds is 6. The molecule has 1 unspecified atom stereocenters. The lowest BCUT2D eigenvalue weighted by Gasteiger charge is -2.38. The Balaban J connectivity index is 1.31. The molecule has 2 aliphatic rings. The first-order valence-corrected chi connectivity index (χ1v) is 15.1. The number of hydrogen-bond donors (Lipinski definition) is 0. The predicted octanol–water partition coefficient (Wildman–Crippen LogP) is 5.61. The Morgan fingerprint density at radius 3 is 2.58 bits per heavy atom.